The molecule has 2 aromatic rings. The molecule has 6 heteroatoms. The predicted octanol–water partition coefficient (Wildman–Crippen LogP) is 3.83. The monoisotopic (exact) mass is 380 g/mol. The second kappa shape index (κ2) is 8.94. The van der Waals surface area contributed by atoms with Crippen LogP contribution in [0.1, 0.15) is 41.7 Å². The van der Waals surface area contributed by atoms with E-state index in [9.17, 15) is 10.1 Å². The Morgan fingerprint density at radius 2 is 1.96 bits per heavy atom. The number of furan rings is 1. The second-order valence-corrected chi connectivity index (χ2v) is 7.50. The highest BCUT2D eigenvalue weighted by atomic mass is 16.4. The van der Waals surface area contributed by atoms with Gasteiger partial charge in [-0.25, -0.2) is 0 Å². The van der Waals surface area contributed by atoms with Crippen molar-refractivity contribution in [1.82, 2.24) is 4.90 Å². The highest BCUT2D eigenvalue weighted by Gasteiger charge is 2.19. The van der Waals surface area contributed by atoms with Crippen molar-refractivity contribution in [2.45, 2.75) is 39.7 Å². The Bertz CT molecular complexity index is 875. The lowest BCUT2D eigenvalue weighted by Gasteiger charge is -2.31. The van der Waals surface area contributed by atoms with Gasteiger partial charge < -0.3 is 9.32 Å². The molecule has 0 spiro atoms. The molecule has 2 heterocycles. The Kier molecular flexibility index (Phi) is 6.37. The molecule has 3 rings (SSSR count). The molecule has 1 fully saturated rings. The van der Waals surface area contributed by atoms with E-state index in [0.29, 0.717) is 17.9 Å². The highest BCUT2D eigenvalue weighted by Crippen LogP contribution is 2.26. The summed E-state index contributed by atoms with van der Waals surface area (Å²) in [5.74, 6) is 0.698. The summed E-state index contributed by atoms with van der Waals surface area (Å²) in [6.45, 7) is 6.69. The number of hydrogen-bond acceptors (Lipinski definition) is 5. The number of aryl methyl sites for hydroxylation is 1. The zero-order valence-electron chi connectivity index (χ0n) is 16.9. The van der Waals surface area contributed by atoms with Crippen LogP contribution in [0.3, 0.4) is 0 Å². The lowest BCUT2D eigenvalue weighted by Crippen LogP contribution is -2.33. The van der Waals surface area contributed by atoms with Crippen LogP contribution in [0.15, 0.2) is 28.7 Å². The van der Waals surface area contributed by atoms with Gasteiger partial charge in [0.2, 0.25) is 11.8 Å². The number of para-hydroxylation sites is 1. The topological polar surface area (TPSA) is 72.5 Å². The quantitative estimate of drug-likeness (QED) is 0.825. The first-order valence-corrected chi connectivity index (χ1v) is 9.81. The van der Waals surface area contributed by atoms with E-state index in [1.807, 2.05) is 24.9 Å². The summed E-state index contributed by atoms with van der Waals surface area (Å²) in [7, 11) is 1.93. The van der Waals surface area contributed by atoms with Crippen LogP contribution in [-0.4, -0.2) is 37.5 Å². The largest absolute Gasteiger partial charge is 0.444 e. The van der Waals surface area contributed by atoms with E-state index in [1.165, 1.54) is 30.5 Å². The number of nitrogens with one attached hydrogen (secondary N) is 1. The lowest BCUT2D eigenvalue weighted by molar-refractivity contribution is -0.117. The van der Waals surface area contributed by atoms with Crippen LogP contribution in [0.25, 0.3) is 0 Å². The van der Waals surface area contributed by atoms with Gasteiger partial charge in [0.25, 0.3) is 0 Å². The van der Waals surface area contributed by atoms with Crippen LogP contribution in [-0.2, 0) is 11.3 Å². The fourth-order valence-electron chi connectivity index (χ4n) is 3.70. The van der Waals surface area contributed by atoms with Crippen molar-refractivity contribution >= 4 is 17.5 Å². The van der Waals surface area contributed by atoms with Gasteiger partial charge in [-0.05, 0) is 51.8 Å². The normalized spacial score (nSPS) is 14.2. The van der Waals surface area contributed by atoms with E-state index >= 15 is 0 Å². The molecule has 0 radical (unpaired) electrons. The van der Waals surface area contributed by atoms with Crippen molar-refractivity contribution in [2.75, 3.05) is 36.9 Å². The third-order valence-electron chi connectivity index (χ3n) is 5.29. The first kappa shape index (κ1) is 20.0. The number of anilines is 2. The van der Waals surface area contributed by atoms with E-state index in [2.05, 4.69) is 34.5 Å². The molecular weight excluding hydrogens is 352 g/mol. The number of likely N-dealkylation sites (N-methyl/N-ethyl adjacent to an activating group) is 1. The minimum atomic E-state index is -0.191. The maximum absolute atomic E-state index is 12.5. The molecule has 1 N–H and O–H groups in total. The van der Waals surface area contributed by atoms with Gasteiger partial charge in [0.1, 0.15) is 17.4 Å². The summed E-state index contributed by atoms with van der Waals surface area (Å²) in [4.78, 5) is 16.9. The number of carbonyl (C=O) groups is 1. The smallest absolute Gasteiger partial charge is 0.240 e. The van der Waals surface area contributed by atoms with E-state index in [-0.39, 0.29) is 18.3 Å². The van der Waals surface area contributed by atoms with Crippen molar-refractivity contribution in [3.63, 3.8) is 0 Å². The molecule has 6 nitrogen and oxygen atoms in total. The van der Waals surface area contributed by atoms with Gasteiger partial charge in [0, 0.05) is 30.9 Å². The van der Waals surface area contributed by atoms with Gasteiger partial charge in [-0.3, -0.25) is 15.0 Å². The molecule has 0 bridgehead atoms. The second-order valence-electron chi connectivity index (χ2n) is 7.50. The first-order valence-electron chi connectivity index (χ1n) is 9.81. The summed E-state index contributed by atoms with van der Waals surface area (Å²) in [5.41, 5.74) is 3.64. The zero-order valence-corrected chi connectivity index (χ0v) is 16.9. The van der Waals surface area contributed by atoms with Crippen molar-refractivity contribution in [3.8, 4) is 6.07 Å². The van der Waals surface area contributed by atoms with E-state index in [4.69, 9.17) is 4.42 Å². The van der Waals surface area contributed by atoms with Crippen LogP contribution in [0.4, 0.5) is 11.6 Å². The van der Waals surface area contributed by atoms with Crippen LogP contribution in [0.5, 0.6) is 0 Å². The van der Waals surface area contributed by atoms with Crippen molar-refractivity contribution in [2.24, 2.45) is 0 Å². The maximum atomic E-state index is 12.5. The third kappa shape index (κ3) is 4.55. The minimum absolute atomic E-state index is 0.191. The first-order chi connectivity index (χ1) is 13.5. The molecular formula is C22H28N4O2. The van der Waals surface area contributed by atoms with E-state index < -0.39 is 0 Å². The molecule has 1 aliphatic rings. The number of nitrogens with zero attached hydrogens (tertiary/aromatic N) is 3. The SMILES string of the molecule is Cc1oc(NC(=O)CN(C)Cc2ccccc2N2CCCCC2)c(C#N)c1C. The van der Waals surface area contributed by atoms with Gasteiger partial charge in [0.15, 0.2) is 0 Å². The van der Waals surface area contributed by atoms with Crippen LogP contribution < -0.4 is 10.2 Å². The zero-order chi connectivity index (χ0) is 20.1. The Labute approximate surface area is 166 Å². The molecule has 1 saturated heterocycles. The average Bonchev–Trinajstić information content (AvgIpc) is 2.95. The standard InChI is InChI=1S/C22H28N4O2/c1-16-17(2)28-22(19(16)13-23)24-21(27)15-25(3)14-18-9-5-6-10-20(18)26-11-7-4-8-12-26/h5-6,9-10H,4,7-8,11-12,14-15H2,1-3H3,(H,24,27). The van der Waals surface area contributed by atoms with E-state index in [1.54, 1.807) is 6.92 Å². The predicted molar refractivity (Wildman–Crippen MR) is 110 cm³/mol. The lowest BCUT2D eigenvalue weighted by atomic mass is 10.1. The molecule has 148 valence electrons. The molecule has 1 aromatic carbocycles. The molecule has 1 amide bonds. The Morgan fingerprint density at radius 1 is 1.25 bits per heavy atom. The number of amides is 1. The Balaban J connectivity index is 1.63. The number of nitriles is 1. The molecule has 0 atom stereocenters. The number of benzene rings is 1. The summed E-state index contributed by atoms with van der Waals surface area (Å²) >= 11 is 0. The fourth-order valence-corrected chi connectivity index (χ4v) is 3.70. The van der Waals surface area contributed by atoms with E-state index in [0.717, 1.165) is 18.7 Å². The summed E-state index contributed by atoms with van der Waals surface area (Å²) in [6, 6.07) is 10.5. The molecule has 1 aromatic heterocycles. The average molecular weight is 380 g/mol. The van der Waals surface area contributed by atoms with Gasteiger partial charge >= 0.3 is 0 Å². The Morgan fingerprint density at radius 3 is 2.68 bits per heavy atom. The summed E-state index contributed by atoms with van der Waals surface area (Å²) in [6.07, 6.45) is 3.76. The molecule has 0 aliphatic carbocycles. The number of rotatable bonds is 6. The maximum Gasteiger partial charge on any atom is 0.240 e. The fraction of sp³-hybridized carbons (Fsp3) is 0.455. The minimum Gasteiger partial charge on any atom is -0.444 e. The van der Waals surface area contributed by atoms with Crippen LogP contribution >= 0.6 is 0 Å². The van der Waals surface area contributed by atoms with Crippen molar-refractivity contribution in [1.29, 1.82) is 5.26 Å². The molecule has 28 heavy (non-hydrogen) atoms. The third-order valence-corrected chi connectivity index (χ3v) is 5.29. The summed E-state index contributed by atoms with van der Waals surface area (Å²) < 4.78 is 5.53. The number of piperidine rings is 1. The molecule has 0 unspecified atom stereocenters. The van der Waals surface area contributed by atoms with Crippen molar-refractivity contribution in [3.05, 3.63) is 46.7 Å². The number of carbonyl (C=O) groups excluding carboxylic acids is 1. The van der Waals surface area contributed by atoms with Crippen LogP contribution in [0.2, 0.25) is 0 Å². The van der Waals surface area contributed by atoms with Crippen molar-refractivity contribution < 1.29 is 9.21 Å². The van der Waals surface area contributed by atoms with Gasteiger partial charge in [0.05, 0.1) is 6.54 Å². The molecule has 1 aliphatic heterocycles. The highest BCUT2D eigenvalue weighted by molar-refractivity contribution is 5.92. The van der Waals surface area contributed by atoms with Crippen LogP contribution in [0, 0.1) is 25.2 Å². The Hall–Kier alpha value is -2.78. The summed E-state index contributed by atoms with van der Waals surface area (Å²) in [5, 5.41) is 12.0. The van der Waals surface area contributed by atoms with Gasteiger partial charge in [-0.1, -0.05) is 18.2 Å². The van der Waals surface area contributed by atoms with Gasteiger partial charge in [-0.15, -0.1) is 0 Å². The number of hydrogen-bond donors (Lipinski definition) is 1. The van der Waals surface area contributed by atoms with Gasteiger partial charge in [-0.2, -0.15) is 5.26 Å². The molecule has 0 saturated carbocycles.